The van der Waals surface area contributed by atoms with Crippen molar-refractivity contribution in [3.8, 4) is 0 Å². The SMILES string of the molecule is CCCCCCCCCCCCCCCCCCCCCCCCCC(O)C(CO)NC(=O)CCCCCCCCCCCCCCCCCCCCOC(=O)CCCCCCCCCCCCCCCCCCCCC. The molecule has 0 aliphatic rings. The van der Waals surface area contributed by atoms with Crippen LogP contribution in [0.15, 0.2) is 0 Å². The minimum Gasteiger partial charge on any atom is -0.466 e. The Kier molecular flexibility index (Phi) is 66.4. The van der Waals surface area contributed by atoms with Crippen molar-refractivity contribution < 1.29 is 24.5 Å². The van der Waals surface area contributed by atoms with Crippen LogP contribution >= 0.6 is 0 Å². The van der Waals surface area contributed by atoms with Gasteiger partial charge in [0.05, 0.1) is 25.4 Å². The number of carbonyl (C=O) groups excluding carboxylic acids is 2. The zero-order valence-corrected chi connectivity index (χ0v) is 52.7. The lowest BCUT2D eigenvalue weighted by atomic mass is 10.0. The van der Waals surface area contributed by atoms with Crippen LogP contribution in [-0.4, -0.2) is 47.4 Å². The summed E-state index contributed by atoms with van der Waals surface area (Å²) >= 11 is 0. The summed E-state index contributed by atoms with van der Waals surface area (Å²) in [5.41, 5.74) is 0. The molecule has 0 fully saturated rings. The second-order valence-electron chi connectivity index (χ2n) is 24.9. The summed E-state index contributed by atoms with van der Waals surface area (Å²) in [4.78, 5) is 24.7. The Morgan fingerprint density at radius 3 is 0.792 bits per heavy atom. The largest absolute Gasteiger partial charge is 0.466 e. The number of esters is 1. The van der Waals surface area contributed by atoms with Gasteiger partial charge in [0, 0.05) is 12.8 Å². The van der Waals surface area contributed by atoms with Crippen molar-refractivity contribution in [2.75, 3.05) is 13.2 Å². The molecule has 0 spiro atoms. The number of amides is 1. The Hall–Kier alpha value is -1.14. The molecular weight excluding hydrogens is 947 g/mol. The fourth-order valence-corrected chi connectivity index (χ4v) is 11.7. The highest BCUT2D eigenvalue weighted by Gasteiger charge is 2.20. The number of rotatable bonds is 68. The molecule has 0 heterocycles. The molecule has 0 radical (unpaired) electrons. The number of ether oxygens (including phenoxy) is 1. The molecule has 0 aromatic carbocycles. The molecule has 77 heavy (non-hydrogen) atoms. The summed E-state index contributed by atoms with van der Waals surface area (Å²) in [5.74, 6) is -0.0190. The molecule has 6 nitrogen and oxygen atoms in total. The van der Waals surface area contributed by atoms with Gasteiger partial charge in [0.2, 0.25) is 5.91 Å². The number of hydrogen-bond donors (Lipinski definition) is 3. The van der Waals surface area contributed by atoms with Crippen LogP contribution in [0.2, 0.25) is 0 Å². The van der Waals surface area contributed by atoms with E-state index in [-0.39, 0.29) is 18.5 Å². The Labute approximate surface area is 483 Å². The zero-order chi connectivity index (χ0) is 55.7. The highest BCUT2D eigenvalue weighted by molar-refractivity contribution is 5.76. The van der Waals surface area contributed by atoms with E-state index < -0.39 is 12.1 Å². The smallest absolute Gasteiger partial charge is 0.305 e. The lowest BCUT2D eigenvalue weighted by molar-refractivity contribution is -0.143. The molecule has 2 unspecified atom stereocenters. The van der Waals surface area contributed by atoms with E-state index in [0.717, 1.165) is 38.5 Å². The van der Waals surface area contributed by atoms with E-state index in [1.165, 1.54) is 347 Å². The van der Waals surface area contributed by atoms with E-state index in [2.05, 4.69) is 19.2 Å². The van der Waals surface area contributed by atoms with Crippen LogP contribution in [-0.2, 0) is 14.3 Å². The van der Waals surface area contributed by atoms with Gasteiger partial charge in [0.25, 0.3) is 0 Å². The third kappa shape index (κ3) is 63.9. The predicted molar refractivity (Wildman–Crippen MR) is 338 cm³/mol. The Balaban J connectivity index is 3.37. The van der Waals surface area contributed by atoms with Gasteiger partial charge >= 0.3 is 5.97 Å². The van der Waals surface area contributed by atoms with Crippen molar-refractivity contribution in [2.45, 2.75) is 431 Å². The standard InChI is InChI=1S/C71H141NO5/c1-3-5-7-9-11-13-15-17-19-21-23-24-25-26-28-31-35-39-43-47-51-55-59-63-69(74)68(67-73)72-70(75)64-60-56-52-48-44-40-36-32-29-30-34-38-42-46-50-54-58-62-66-77-71(76)65-61-57-53-49-45-41-37-33-27-22-20-18-16-14-12-10-8-6-4-2/h68-69,73-74H,3-67H2,1-2H3,(H,72,75). The van der Waals surface area contributed by atoms with Gasteiger partial charge < -0.3 is 20.3 Å². The molecule has 0 aromatic rings. The van der Waals surface area contributed by atoms with Gasteiger partial charge in [-0.15, -0.1) is 0 Å². The molecule has 0 aromatic heterocycles. The van der Waals surface area contributed by atoms with Gasteiger partial charge in [0.1, 0.15) is 0 Å². The van der Waals surface area contributed by atoms with Crippen molar-refractivity contribution in [1.29, 1.82) is 0 Å². The van der Waals surface area contributed by atoms with Gasteiger partial charge in [0.15, 0.2) is 0 Å². The topological polar surface area (TPSA) is 95.9 Å². The molecule has 1 amide bonds. The van der Waals surface area contributed by atoms with Crippen molar-refractivity contribution in [3.05, 3.63) is 0 Å². The van der Waals surface area contributed by atoms with Gasteiger partial charge in [-0.2, -0.15) is 0 Å². The maximum Gasteiger partial charge on any atom is 0.305 e. The molecule has 6 heteroatoms. The average molecular weight is 1090 g/mol. The van der Waals surface area contributed by atoms with Gasteiger partial charge in [-0.1, -0.05) is 380 Å². The van der Waals surface area contributed by atoms with Gasteiger partial charge in [-0.05, 0) is 25.7 Å². The summed E-state index contributed by atoms with van der Waals surface area (Å²) in [6.07, 6.45) is 81.4. The van der Waals surface area contributed by atoms with Crippen molar-refractivity contribution in [2.24, 2.45) is 0 Å². The summed E-state index contributed by atoms with van der Waals surface area (Å²) < 4.78 is 5.51. The van der Waals surface area contributed by atoms with E-state index in [0.29, 0.717) is 25.9 Å². The average Bonchev–Trinajstić information content (AvgIpc) is 3.43. The van der Waals surface area contributed by atoms with E-state index in [4.69, 9.17) is 4.74 Å². The number of aliphatic hydroxyl groups excluding tert-OH is 2. The zero-order valence-electron chi connectivity index (χ0n) is 52.7. The maximum absolute atomic E-state index is 12.6. The maximum atomic E-state index is 12.6. The monoisotopic (exact) mass is 1090 g/mol. The van der Waals surface area contributed by atoms with Gasteiger partial charge in [-0.25, -0.2) is 0 Å². The second kappa shape index (κ2) is 67.4. The number of carbonyl (C=O) groups is 2. The van der Waals surface area contributed by atoms with Crippen molar-refractivity contribution in [3.63, 3.8) is 0 Å². The minimum atomic E-state index is -0.667. The second-order valence-corrected chi connectivity index (χ2v) is 24.9. The summed E-state index contributed by atoms with van der Waals surface area (Å²) in [6, 6.07) is -0.545. The van der Waals surface area contributed by atoms with Crippen LogP contribution in [0.25, 0.3) is 0 Å². The molecule has 3 N–H and O–H groups in total. The highest BCUT2D eigenvalue weighted by Crippen LogP contribution is 2.20. The van der Waals surface area contributed by atoms with E-state index >= 15 is 0 Å². The molecule has 460 valence electrons. The summed E-state index contributed by atoms with van der Waals surface area (Å²) in [5, 5.41) is 23.4. The molecule has 0 aliphatic carbocycles. The first kappa shape index (κ1) is 75.9. The number of hydrogen-bond acceptors (Lipinski definition) is 5. The molecule has 0 aliphatic heterocycles. The first-order chi connectivity index (χ1) is 38.0. The minimum absolute atomic E-state index is 0.0140. The lowest BCUT2D eigenvalue weighted by Crippen LogP contribution is -2.45. The predicted octanol–water partition coefficient (Wildman–Crippen LogP) is 23.0. The highest BCUT2D eigenvalue weighted by atomic mass is 16.5. The van der Waals surface area contributed by atoms with Crippen LogP contribution in [0.3, 0.4) is 0 Å². The molecular formula is C71H141NO5. The molecule has 0 rings (SSSR count). The van der Waals surface area contributed by atoms with Crippen LogP contribution in [0.5, 0.6) is 0 Å². The Morgan fingerprint density at radius 2 is 0.532 bits per heavy atom. The normalized spacial score (nSPS) is 12.4. The Morgan fingerprint density at radius 1 is 0.312 bits per heavy atom. The first-order valence-electron chi connectivity index (χ1n) is 35.8. The number of aliphatic hydroxyl groups is 2. The van der Waals surface area contributed by atoms with Crippen LogP contribution in [0.4, 0.5) is 0 Å². The van der Waals surface area contributed by atoms with E-state index in [1.807, 2.05) is 0 Å². The number of unbranched alkanes of at least 4 members (excludes halogenated alkanes) is 57. The van der Waals surface area contributed by atoms with E-state index in [1.54, 1.807) is 0 Å². The quantitative estimate of drug-likeness (QED) is 0.0417. The fourth-order valence-electron chi connectivity index (χ4n) is 11.7. The first-order valence-corrected chi connectivity index (χ1v) is 35.8. The third-order valence-electron chi connectivity index (χ3n) is 17.2. The fraction of sp³-hybridized carbons (Fsp3) is 0.972. The summed E-state index contributed by atoms with van der Waals surface area (Å²) in [7, 11) is 0. The van der Waals surface area contributed by atoms with E-state index in [9.17, 15) is 19.8 Å². The van der Waals surface area contributed by atoms with Gasteiger partial charge in [-0.3, -0.25) is 9.59 Å². The Bertz CT molecular complexity index is 1120. The molecule has 0 bridgehead atoms. The van der Waals surface area contributed by atoms with Crippen molar-refractivity contribution >= 4 is 11.9 Å². The number of nitrogens with one attached hydrogen (secondary N) is 1. The molecule has 2 atom stereocenters. The third-order valence-corrected chi connectivity index (χ3v) is 17.2. The lowest BCUT2D eigenvalue weighted by Gasteiger charge is -2.22. The van der Waals surface area contributed by atoms with Crippen LogP contribution in [0, 0.1) is 0 Å². The van der Waals surface area contributed by atoms with Crippen LogP contribution < -0.4 is 5.32 Å². The van der Waals surface area contributed by atoms with Crippen molar-refractivity contribution in [1.82, 2.24) is 5.32 Å². The van der Waals surface area contributed by atoms with Crippen LogP contribution in [0.1, 0.15) is 418 Å². The molecule has 0 saturated carbocycles. The molecule has 0 saturated heterocycles. The summed E-state index contributed by atoms with van der Waals surface area (Å²) in [6.45, 7) is 5.00.